The molecule has 5 aromatic rings. The molecule has 0 aliphatic heterocycles. The first kappa shape index (κ1) is 16.5. The van der Waals surface area contributed by atoms with Gasteiger partial charge in [-0.05, 0) is 52.9 Å². The Morgan fingerprint density at radius 1 is 0.821 bits per heavy atom. The Morgan fingerprint density at radius 3 is 2.36 bits per heavy atom. The molecule has 4 nitrogen and oxygen atoms in total. The lowest BCUT2D eigenvalue weighted by Crippen LogP contribution is -1.92. The second-order valence-corrected chi connectivity index (χ2v) is 7.02. The number of nitrogens with zero attached hydrogens (tertiary/aromatic N) is 2. The summed E-state index contributed by atoms with van der Waals surface area (Å²) in [5, 5.41) is 13.9. The Balaban J connectivity index is 1.62. The van der Waals surface area contributed by atoms with Gasteiger partial charge in [-0.2, -0.15) is 0 Å². The highest BCUT2D eigenvalue weighted by Crippen LogP contribution is 2.34. The van der Waals surface area contributed by atoms with Gasteiger partial charge in [0.25, 0.3) is 0 Å². The van der Waals surface area contributed by atoms with Crippen LogP contribution in [0.1, 0.15) is 0 Å². The monoisotopic (exact) mass is 368 g/mol. The van der Waals surface area contributed by atoms with Gasteiger partial charge in [-0.15, -0.1) is 0 Å². The van der Waals surface area contributed by atoms with Crippen LogP contribution in [0.2, 0.25) is 0 Å². The number of methoxy groups -OCH3 is 1. The highest BCUT2D eigenvalue weighted by molar-refractivity contribution is 5.93. The van der Waals surface area contributed by atoms with Crippen molar-refractivity contribution >= 4 is 21.7 Å². The molecule has 1 N–H and O–H groups in total. The highest BCUT2D eigenvalue weighted by Gasteiger charge is 2.12. The maximum absolute atomic E-state index is 10.9. The number of aryl methyl sites for hydroxylation is 1. The van der Waals surface area contributed by atoms with E-state index in [9.17, 15) is 5.11 Å². The molecule has 3 aromatic carbocycles. The average molecular weight is 368 g/mol. The van der Waals surface area contributed by atoms with E-state index in [1.807, 2.05) is 66.5 Å². The molecular weight excluding hydrogens is 348 g/mol. The molecule has 0 atom stereocenters. The maximum atomic E-state index is 10.9. The van der Waals surface area contributed by atoms with Gasteiger partial charge in [0, 0.05) is 35.7 Å². The van der Waals surface area contributed by atoms with Crippen molar-refractivity contribution in [3.05, 3.63) is 79.1 Å². The van der Waals surface area contributed by atoms with Gasteiger partial charge in [0.1, 0.15) is 5.75 Å². The van der Waals surface area contributed by atoms with E-state index >= 15 is 0 Å². The van der Waals surface area contributed by atoms with Crippen LogP contribution in [0.3, 0.4) is 0 Å². The average Bonchev–Trinajstić information content (AvgIpc) is 3.27. The van der Waals surface area contributed by atoms with E-state index in [0.29, 0.717) is 0 Å². The van der Waals surface area contributed by atoms with E-state index < -0.39 is 0 Å². The fraction of sp³-hybridized carbons (Fsp3) is 0.0833. The molecule has 0 amide bonds. The summed E-state index contributed by atoms with van der Waals surface area (Å²) in [6, 6.07) is 22.4. The molecule has 0 saturated heterocycles. The molecule has 0 bridgehead atoms. The van der Waals surface area contributed by atoms with Crippen LogP contribution >= 0.6 is 0 Å². The first-order valence-electron chi connectivity index (χ1n) is 9.18. The molecule has 4 heteroatoms. The van der Waals surface area contributed by atoms with Gasteiger partial charge in [0.2, 0.25) is 5.88 Å². The number of ether oxygens (including phenoxy) is 1. The summed E-state index contributed by atoms with van der Waals surface area (Å²) in [5.41, 5.74) is 4.21. The summed E-state index contributed by atoms with van der Waals surface area (Å²) >= 11 is 0. The normalized spacial score (nSPS) is 11.4. The van der Waals surface area contributed by atoms with Gasteiger partial charge >= 0.3 is 0 Å². The third kappa shape index (κ3) is 2.54. The highest BCUT2D eigenvalue weighted by atomic mass is 16.5. The SMILES string of the molecule is COc1ccc(-c2ccc3cn(-c4ccc5ccn(C)c5c4)c(O)c3c2)cc1. The molecular formula is C24H20N2O2. The van der Waals surface area contributed by atoms with Crippen LogP contribution in [0, 0.1) is 0 Å². The number of fused-ring (bicyclic) bond motifs is 2. The van der Waals surface area contributed by atoms with Crippen LogP contribution in [0.5, 0.6) is 11.6 Å². The molecule has 0 saturated carbocycles. The number of hydrogen-bond donors (Lipinski definition) is 1. The molecule has 2 heterocycles. The maximum Gasteiger partial charge on any atom is 0.203 e. The molecule has 0 aliphatic rings. The van der Waals surface area contributed by atoms with Crippen molar-refractivity contribution in [1.29, 1.82) is 0 Å². The molecule has 138 valence electrons. The summed E-state index contributed by atoms with van der Waals surface area (Å²) in [6.45, 7) is 0. The molecule has 0 aliphatic carbocycles. The van der Waals surface area contributed by atoms with Crippen LogP contribution < -0.4 is 4.74 Å². The van der Waals surface area contributed by atoms with Gasteiger partial charge in [-0.25, -0.2) is 0 Å². The van der Waals surface area contributed by atoms with Gasteiger partial charge < -0.3 is 14.4 Å². The van der Waals surface area contributed by atoms with Crippen molar-refractivity contribution in [1.82, 2.24) is 9.13 Å². The fourth-order valence-corrected chi connectivity index (χ4v) is 3.75. The zero-order chi connectivity index (χ0) is 19.3. The van der Waals surface area contributed by atoms with E-state index in [1.165, 1.54) is 5.39 Å². The van der Waals surface area contributed by atoms with E-state index in [-0.39, 0.29) is 5.88 Å². The minimum Gasteiger partial charge on any atom is -0.497 e. The molecule has 28 heavy (non-hydrogen) atoms. The molecule has 0 spiro atoms. The summed E-state index contributed by atoms with van der Waals surface area (Å²) in [4.78, 5) is 0. The second kappa shape index (κ2) is 6.20. The third-order valence-electron chi connectivity index (χ3n) is 5.36. The smallest absolute Gasteiger partial charge is 0.203 e. The zero-order valence-electron chi connectivity index (χ0n) is 15.8. The Kier molecular flexibility index (Phi) is 3.66. The molecule has 5 rings (SSSR count). The molecule has 2 aromatic heterocycles. The number of benzene rings is 3. The quantitative estimate of drug-likeness (QED) is 0.456. The van der Waals surface area contributed by atoms with Crippen molar-refractivity contribution in [3.8, 4) is 28.4 Å². The van der Waals surface area contributed by atoms with Crippen molar-refractivity contribution in [2.75, 3.05) is 7.11 Å². The molecule has 0 fully saturated rings. The van der Waals surface area contributed by atoms with Crippen LogP contribution in [-0.4, -0.2) is 21.4 Å². The lowest BCUT2D eigenvalue weighted by atomic mass is 10.0. The van der Waals surface area contributed by atoms with Crippen LogP contribution in [0.4, 0.5) is 0 Å². The summed E-state index contributed by atoms with van der Waals surface area (Å²) in [7, 11) is 3.69. The van der Waals surface area contributed by atoms with E-state index in [1.54, 1.807) is 7.11 Å². The lowest BCUT2D eigenvalue weighted by Gasteiger charge is -2.06. The van der Waals surface area contributed by atoms with Crippen molar-refractivity contribution < 1.29 is 9.84 Å². The predicted octanol–water partition coefficient (Wildman–Crippen LogP) is 5.50. The summed E-state index contributed by atoms with van der Waals surface area (Å²) < 4.78 is 9.16. The third-order valence-corrected chi connectivity index (χ3v) is 5.36. The van der Waals surface area contributed by atoms with Gasteiger partial charge in [-0.1, -0.05) is 30.3 Å². The fourth-order valence-electron chi connectivity index (χ4n) is 3.75. The van der Waals surface area contributed by atoms with Gasteiger partial charge in [0.15, 0.2) is 0 Å². The molecule has 0 radical (unpaired) electrons. The standard InChI is InChI=1S/C24H20N2O2/c1-25-12-11-17-5-8-20(14-23(17)25)26-15-19-4-3-18(13-22(19)24(26)27)16-6-9-21(28-2)10-7-16/h3-15,27H,1-2H3. The van der Waals surface area contributed by atoms with Crippen LogP contribution in [0.15, 0.2) is 79.1 Å². The topological polar surface area (TPSA) is 39.3 Å². The number of aromatic nitrogens is 2. The van der Waals surface area contributed by atoms with Crippen LogP contribution in [0.25, 0.3) is 38.5 Å². The number of rotatable bonds is 3. The number of aromatic hydroxyl groups is 1. The second-order valence-electron chi connectivity index (χ2n) is 7.02. The largest absolute Gasteiger partial charge is 0.497 e. The Morgan fingerprint density at radius 2 is 1.57 bits per heavy atom. The Labute approximate surface area is 162 Å². The van der Waals surface area contributed by atoms with Crippen molar-refractivity contribution in [2.45, 2.75) is 0 Å². The minimum absolute atomic E-state index is 0.249. The van der Waals surface area contributed by atoms with Gasteiger partial charge in [0.05, 0.1) is 12.8 Å². The van der Waals surface area contributed by atoms with E-state index in [4.69, 9.17) is 4.74 Å². The van der Waals surface area contributed by atoms with E-state index in [0.717, 1.165) is 38.9 Å². The van der Waals surface area contributed by atoms with Gasteiger partial charge in [-0.3, -0.25) is 4.57 Å². The van der Waals surface area contributed by atoms with E-state index in [2.05, 4.69) is 28.8 Å². The van der Waals surface area contributed by atoms with Crippen molar-refractivity contribution in [3.63, 3.8) is 0 Å². The lowest BCUT2D eigenvalue weighted by molar-refractivity contribution is 0.415. The molecule has 0 unspecified atom stereocenters. The van der Waals surface area contributed by atoms with Crippen molar-refractivity contribution in [2.24, 2.45) is 7.05 Å². The zero-order valence-corrected chi connectivity index (χ0v) is 15.8. The first-order chi connectivity index (χ1) is 13.6. The Bertz CT molecular complexity index is 1310. The summed E-state index contributed by atoms with van der Waals surface area (Å²) in [6.07, 6.45) is 4.02. The number of hydrogen-bond acceptors (Lipinski definition) is 2. The first-order valence-corrected chi connectivity index (χ1v) is 9.18. The minimum atomic E-state index is 0.249. The van der Waals surface area contributed by atoms with Crippen LogP contribution in [-0.2, 0) is 7.05 Å². The summed E-state index contributed by atoms with van der Waals surface area (Å²) in [5.74, 6) is 1.08. The predicted molar refractivity (Wildman–Crippen MR) is 113 cm³/mol. The Hall–Kier alpha value is -3.66.